The zero-order valence-corrected chi connectivity index (χ0v) is 11.1. The first-order valence-electron chi connectivity index (χ1n) is 6.21. The van der Waals surface area contributed by atoms with Crippen LogP contribution in [-0.2, 0) is 0 Å². The van der Waals surface area contributed by atoms with E-state index in [1.165, 1.54) is 17.3 Å². The number of aromatic nitrogens is 1. The van der Waals surface area contributed by atoms with Gasteiger partial charge in [-0.15, -0.1) is 0 Å². The third-order valence-electron chi connectivity index (χ3n) is 4.01. The van der Waals surface area contributed by atoms with Crippen LogP contribution in [0.15, 0.2) is 18.5 Å². The second kappa shape index (κ2) is 4.09. The number of hydrogen-bond donors (Lipinski definition) is 1. The molecule has 6 heteroatoms. The predicted octanol–water partition coefficient (Wildman–Crippen LogP) is 1.28. The smallest absolute Gasteiger partial charge is 0.264 e. The topological polar surface area (TPSA) is 76.3 Å². The second-order valence-electron chi connectivity index (χ2n) is 4.97. The molecular weight excluding hydrogens is 262 g/mol. The van der Waals surface area contributed by atoms with Crippen molar-refractivity contribution in [2.75, 3.05) is 0 Å². The summed E-state index contributed by atoms with van der Waals surface area (Å²) in [5.74, 6) is -0.639. The fraction of sp³-hybridized carbons (Fsp3) is 0.385. The first-order chi connectivity index (χ1) is 9.08. The van der Waals surface area contributed by atoms with Gasteiger partial charge in [0.05, 0.1) is 16.1 Å². The Morgan fingerprint density at radius 1 is 1.26 bits per heavy atom. The monoisotopic (exact) mass is 275 g/mol. The molecule has 1 aliphatic heterocycles. The van der Waals surface area contributed by atoms with Crippen molar-refractivity contribution < 1.29 is 9.59 Å². The number of nitrogens with two attached hydrogens (primary N) is 1. The van der Waals surface area contributed by atoms with E-state index >= 15 is 0 Å². The van der Waals surface area contributed by atoms with Crippen LogP contribution in [0.2, 0.25) is 0 Å². The van der Waals surface area contributed by atoms with Crippen molar-refractivity contribution in [3.63, 3.8) is 0 Å². The molecule has 0 bridgehead atoms. The highest BCUT2D eigenvalue weighted by Gasteiger charge is 2.52. The minimum atomic E-state index is -0.789. The molecule has 0 spiro atoms. The zero-order chi connectivity index (χ0) is 13.6. The Labute approximate surface area is 115 Å². The summed E-state index contributed by atoms with van der Waals surface area (Å²) in [5, 5.41) is 0. The van der Waals surface area contributed by atoms with Gasteiger partial charge in [-0.3, -0.25) is 19.5 Å². The minimum absolute atomic E-state index is 0.229. The number of thiocarbonyl (C=S) groups is 1. The van der Waals surface area contributed by atoms with Crippen LogP contribution in [0.25, 0.3) is 0 Å². The van der Waals surface area contributed by atoms with E-state index < -0.39 is 5.54 Å². The number of carbonyl (C=O) groups excluding carboxylic acids is 2. The molecule has 0 atom stereocenters. The highest BCUT2D eigenvalue weighted by Crippen LogP contribution is 2.40. The van der Waals surface area contributed by atoms with Crippen LogP contribution in [-0.4, -0.2) is 32.2 Å². The number of carbonyl (C=O) groups is 2. The van der Waals surface area contributed by atoms with Gasteiger partial charge in [0.15, 0.2) is 0 Å². The fourth-order valence-electron chi connectivity index (χ4n) is 3.01. The van der Waals surface area contributed by atoms with Crippen molar-refractivity contribution in [3.05, 3.63) is 29.6 Å². The van der Waals surface area contributed by atoms with Gasteiger partial charge in [-0.05, 0) is 18.9 Å². The molecule has 2 amide bonds. The highest BCUT2D eigenvalue weighted by molar-refractivity contribution is 7.80. The summed E-state index contributed by atoms with van der Waals surface area (Å²) in [5.41, 5.74) is 5.79. The molecule has 2 N–H and O–H groups in total. The third kappa shape index (κ3) is 1.53. The average molecular weight is 275 g/mol. The maximum absolute atomic E-state index is 12.5. The van der Waals surface area contributed by atoms with Gasteiger partial charge in [-0.1, -0.05) is 25.1 Å². The van der Waals surface area contributed by atoms with Crippen molar-refractivity contribution in [2.24, 2.45) is 5.73 Å². The molecule has 2 heterocycles. The molecule has 3 rings (SSSR count). The van der Waals surface area contributed by atoms with Gasteiger partial charge in [0.25, 0.3) is 11.8 Å². The van der Waals surface area contributed by atoms with Crippen molar-refractivity contribution in [1.29, 1.82) is 0 Å². The Morgan fingerprint density at radius 2 is 1.89 bits per heavy atom. The molecule has 1 fully saturated rings. The largest absolute Gasteiger partial charge is 0.391 e. The summed E-state index contributed by atoms with van der Waals surface area (Å²) in [6.45, 7) is 0. The Balaban J connectivity index is 2.11. The Kier molecular flexibility index (Phi) is 2.63. The number of nitrogens with zero attached hydrogens (tertiary/aromatic N) is 2. The molecule has 0 saturated heterocycles. The van der Waals surface area contributed by atoms with Gasteiger partial charge in [0.1, 0.15) is 5.54 Å². The first-order valence-corrected chi connectivity index (χ1v) is 6.61. The molecule has 2 aliphatic rings. The molecule has 19 heavy (non-hydrogen) atoms. The van der Waals surface area contributed by atoms with E-state index in [-0.39, 0.29) is 16.8 Å². The molecule has 1 aliphatic carbocycles. The Hall–Kier alpha value is -1.82. The van der Waals surface area contributed by atoms with Crippen molar-refractivity contribution in [3.8, 4) is 0 Å². The van der Waals surface area contributed by atoms with Gasteiger partial charge in [-0.2, -0.15) is 0 Å². The Morgan fingerprint density at radius 3 is 2.47 bits per heavy atom. The summed E-state index contributed by atoms with van der Waals surface area (Å²) in [6, 6.07) is 1.57. The number of rotatable bonds is 2. The summed E-state index contributed by atoms with van der Waals surface area (Å²) < 4.78 is 0. The van der Waals surface area contributed by atoms with Gasteiger partial charge in [-0.25, -0.2) is 0 Å². The van der Waals surface area contributed by atoms with Gasteiger partial charge < -0.3 is 5.73 Å². The number of pyridine rings is 1. The van der Waals surface area contributed by atoms with Gasteiger partial charge >= 0.3 is 0 Å². The lowest BCUT2D eigenvalue weighted by Crippen LogP contribution is -2.57. The quantitative estimate of drug-likeness (QED) is 0.650. The number of hydrogen-bond acceptors (Lipinski definition) is 4. The van der Waals surface area contributed by atoms with E-state index in [0.717, 1.165) is 12.8 Å². The van der Waals surface area contributed by atoms with Gasteiger partial charge in [0.2, 0.25) is 0 Å². The zero-order valence-electron chi connectivity index (χ0n) is 10.3. The van der Waals surface area contributed by atoms with Crippen LogP contribution in [0.1, 0.15) is 46.4 Å². The van der Waals surface area contributed by atoms with E-state index in [1.807, 2.05) is 0 Å². The van der Waals surface area contributed by atoms with Crippen molar-refractivity contribution in [1.82, 2.24) is 9.88 Å². The summed E-state index contributed by atoms with van der Waals surface area (Å²) >= 11 is 5.14. The average Bonchev–Trinajstić information content (AvgIpc) is 2.97. The van der Waals surface area contributed by atoms with Crippen molar-refractivity contribution >= 4 is 29.0 Å². The molecule has 0 aromatic carbocycles. The molecule has 0 radical (unpaired) electrons. The highest BCUT2D eigenvalue weighted by atomic mass is 32.1. The van der Waals surface area contributed by atoms with E-state index in [0.29, 0.717) is 24.0 Å². The standard InChI is InChI=1S/C13H13N3O2S/c14-12(19)13(4-1-2-5-13)16-10(17)8-3-6-15-7-9(8)11(16)18/h3,6-7H,1-2,4-5H2,(H2,14,19). The van der Waals surface area contributed by atoms with Crippen LogP contribution in [0.3, 0.4) is 0 Å². The summed E-state index contributed by atoms with van der Waals surface area (Å²) in [4.78, 5) is 30.3. The number of fused-ring (bicyclic) bond motifs is 1. The normalized spacial score (nSPS) is 20.7. The number of amides is 2. The Bertz CT molecular complexity index is 558. The third-order valence-corrected chi connectivity index (χ3v) is 4.39. The lowest BCUT2D eigenvalue weighted by molar-refractivity contribution is 0.0530. The lowest BCUT2D eigenvalue weighted by atomic mass is 9.95. The summed E-state index contributed by atoms with van der Waals surface area (Å²) in [7, 11) is 0. The predicted molar refractivity (Wildman–Crippen MR) is 72.7 cm³/mol. The van der Waals surface area contributed by atoms with Crippen LogP contribution >= 0.6 is 12.2 Å². The molecule has 98 valence electrons. The van der Waals surface area contributed by atoms with E-state index in [9.17, 15) is 9.59 Å². The van der Waals surface area contributed by atoms with Crippen LogP contribution in [0, 0.1) is 0 Å². The maximum atomic E-state index is 12.5. The van der Waals surface area contributed by atoms with E-state index in [4.69, 9.17) is 18.0 Å². The van der Waals surface area contributed by atoms with E-state index in [1.54, 1.807) is 6.07 Å². The summed E-state index contributed by atoms with van der Waals surface area (Å²) in [6.07, 6.45) is 6.09. The van der Waals surface area contributed by atoms with Gasteiger partial charge in [0, 0.05) is 12.4 Å². The fourth-order valence-corrected chi connectivity index (χ4v) is 3.31. The number of imide groups is 1. The molecular formula is C13H13N3O2S. The molecule has 5 nitrogen and oxygen atoms in total. The SMILES string of the molecule is NC(=S)C1(N2C(=O)c3ccncc3C2=O)CCCC1. The molecule has 1 saturated carbocycles. The lowest BCUT2D eigenvalue weighted by Gasteiger charge is -2.36. The van der Waals surface area contributed by atoms with Crippen molar-refractivity contribution in [2.45, 2.75) is 31.2 Å². The van der Waals surface area contributed by atoms with Crippen LogP contribution < -0.4 is 5.73 Å². The maximum Gasteiger partial charge on any atom is 0.264 e. The van der Waals surface area contributed by atoms with Crippen LogP contribution in [0.4, 0.5) is 0 Å². The first kappa shape index (κ1) is 12.2. The minimum Gasteiger partial charge on any atom is -0.391 e. The molecule has 1 aromatic heterocycles. The molecule has 0 unspecified atom stereocenters. The van der Waals surface area contributed by atoms with Crippen LogP contribution in [0.5, 0.6) is 0 Å². The second-order valence-corrected chi connectivity index (χ2v) is 5.41. The molecule has 1 aromatic rings. The van der Waals surface area contributed by atoms with E-state index in [2.05, 4.69) is 4.98 Å².